The highest BCUT2D eigenvalue weighted by molar-refractivity contribution is 7.13. The van der Waals surface area contributed by atoms with Crippen LogP contribution in [0.5, 0.6) is 0 Å². The summed E-state index contributed by atoms with van der Waals surface area (Å²) >= 11 is 1.60. The molecule has 0 saturated carbocycles. The molecule has 23 heavy (non-hydrogen) atoms. The van der Waals surface area contributed by atoms with Crippen molar-refractivity contribution in [3.05, 3.63) is 40.9 Å². The van der Waals surface area contributed by atoms with E-state index < -0.39 is 0 Å². The number of rotatable bonds is 5. The summed E-state index contributed by atoms with van der Waals surface area (Å²) in [6.45, 7) is 2.98. The van der Waals surface area contributed by atoms with Gasteiger partial charge in [-0.25, -0.2) is 4.98 Å². The number of likely N-dealkylation sites (tertiary alicyclic amines) is 1. The van der Waals surface area contributed by atoms with Crippen molar-refractivity contribution in [1.29, 1.82) is 0 Å². The summed E-state index contributed by atoms with van der Waals surface area (Å²) in [6.07, 6.45) is 3.73. The number of carbonyl (C=O) groups is 1. The van der Waals surface area contributed by atoms with E-state index in [0.29, 0.717) is 0 Å². The Bertz CT molecular complexity index is 683. The van der Waals surface area contributed by atoms with Gasteiger partial charge in [0.05, 0.1) is 0 Å². The molecule has 4 nitrogen and oxygen atoms in total. The van der Waals surface area contributed by atoms with Crippen molar-refractivity contribution in [2.45, 2.75) is 38.6 Å². The standard InChI is InChI=1S/C18H22N2O2S/c1-13-12-23-17(19-13)14-5-2-6-15(11-14)18(22)20-9-3-7-16(20)8-4-10-21/h2,5-6,11-12,16,21H,3-4,7-10H2,1H3. The highest BCUT2D eigenvalue weighted by atomic mass is 32.1. The lowest BCUT2D eigenvalue weighted by Crippen LogP contribution is -2.35. The van der Waals surface area contributed by atoms with Crippen LogP contribution in [0.3, 0.4) is 0 Å². The van der Waals surface area contributed by atoms with Gasteiger partial charge >= 0.3 is 0 Å². The summed E-state index contributed by atoms with van der Waals surface area (Å²) < 4.78 is 0. The minimum atomic E-state index is 0.0977. The van der Waals surface area contributed by atoms with Gasteiger partial charge in [0.25, 0.3) is 5.91 Å². The molecule has 2 heterocycles. The van der Waals surface area contributed by atoms with Crippen molar-refractivity contribution in [2.24, 2.45) is 0 Å². The normalized spacial score (nSPS) is 17.7. The third kappa shape index (κ3) is 3.62. The largest absolute Gasteiger partial charge is 0.396 e. The fraction of sp³-hybridized carbons (Fsp3) is 0.444. The van der Waals surface area contributed by atoms with Gasteiger partial charge in [0.2, 0.25) is 0 Å². The first-order valence-electron chi connectivity index (χ1n) is 8.13. The molecule has 0 radical (unpaired) electrons. The molecule has 122 valence electrons. The first-order chi connectivity index (χ1) is 11.2. The average molecular weight is 330 g/mol. The fourth-order valence-electron chi connectivity index (χ4n) is 3.17. The Hall–Kier alpha value is -1.72. The minimum absolute atomic E-state index is 0.0977. The Morgan fingerprint density at radius 3 is 3.09 bits per heavy atom. The second-order valence-electron chi connectivity index (χ2n) is 6.04. The van der Waals surface area contributed by atoms with Gasteiger partial charge in [0.15, 0.2) is 0 Å². The molecule has 2 aromatic rings. The SMILES string of the molecule is Cc1csc(-c2cccc(C(=O)N3CCCC3CCCO)c2)n1. The number of carbonyl (C=O) groups excluding carboxylic acids is 1. The molecule has 1 fully saturated rings. The van der Waals surface area contributed by atoms with Gasteiger partial charge in [-0.1, -0.05) is 12.1 Å². The molecular formula is C18H22N2O2S. The van der Waals surface area contributed by atoms with E-state index >= 15 is 0 Å². The van der Waals surface area contributed by atoms with Gasteiger partial charge in [-0.2, -0.15) is 0 Å². The lowest BCUT2D eigenvalue weighted by atomic mass is 10.1. The summed E-state index contributed by atoms with van der Waals surface area (Å²) in [4.78, 5) is 19.3. The third-order valence-electron chi connectivity index (χ3n) is 4.31. The molecule has 1 unspecified atom stereocenters. The number of aliphatic hydroxyl groups is 1. The average Bonchev–Trinajstić information content (AvgIpc) is 3.21. The molecule has 5 heteroatoms. The van der Waals surface area contributed by atoms with Crippen LogP contribution in [0.25, 0.3) is 10.6 Å². The number of thiazole rings is 1. The Kier molecular flexibility index (Phi) is 5.08. The quantitative estimate of drug-likeness (QED) is 0.913. The van der Waals surface area contributed by atoms with Gasteiger partial charge in [0.1, 0.15) is 5.01 Å². The van der Waals surface area contributed by atoms with Crippen LogP contribution in [-0.4, -0.2) is 40.1 Å². The molecule has 0 aliphatic carbocycles. The Morgan fingerprint density at radius 1 is 1.48 bits per heavy atom. The van der Waals surface area contributed by atoms with Gasteiger partial charge in [-0.3, -0.25) is 4.79 Å². The number of aliphatic hydroxyl groups excluding tert-OH is 1. The number of hydrogen-bond acceptors (Lipinski definition) is 4. The summed E-state index contributed by atoms with van der Waals surface area (Å²) in [7, 11) is 0. The van der Waals surface area contributed by atoms with E-state index in [4.69, 9.17) is 5.11 Å². The first kappa shape index (κ1) is 16.1. The van der Waals surface area contributed by atoms with Gasteiger partial charge < -0.3 is 10.0 Å². The van der Waals surface area contributed by atoms with E-state index in [0.717, 1.165) is 54.1 Å². The molecule has 1 aliphatic rings. The van der Waals surface area contributed by atoms with Crippen LogP contribution in [0.2, 0.25) is 0 Å². The van der Waals surface area contributed by atoms with Crippen molar-refractivity contribution < 1.29 is 9.90 Å². The van der Waals surface area contributed by atoms with Crippen molar-refractivity contribution >= 4 is 17.2 Å². The Balaban J connectivity index is 1.79. The molecule has 0 bridgehead atoms. The Morgan fingerprint density at radius 2 is 2.35 bits per heavy atom. The second-order valence-corrected chi connectivity index (χ2v) is 6.89. The lowest BCUT2D eigenvalue weighted by Gasteiger charge is -2.24. The maximum absolute atomic E-state index is 12.9. The fourth-order valence-corrected chi connectivity index (χ4v) is 3.96. The molecule has 1 aromatic carbocycles. The van der Waals surface area contributed by atoms with Crippen LogP contribution >= 0.6 is 11.3 Å². The van der Waals surface area contributed by atoms with Crippen molar-refractivity contribution in [1.82, 2.24) is 9.88 Å². The predicted octanol–water partition coefficient (Wildman–Crippen LogP) is 3.50. The predicted molar refractivity (Wildman–Crippen MR) is 92.7 cm³/mol. The highest BCUT2D eigenvalue weighted by Crippen LogP contribution is 2.27. The zero-order valence-corrected chi connectivity index (χ0v) is 14.2. The van der Waals surface area contributed by atoms with E-state index in [-0.39, 0.29) is 18.6 Å². The molecule has 1 N–H and O–H groups in total. The van der Waals surface area contributed by atoms with E-state index in [1.807, 2.05) is 41.5 Å². The molecule has 1 amide bonds. The van der Waals surface area contributed by atoms with Crippen LogP contribution in [0.4, 0.5) is 0 Å². The summed E-state index contributed by atoms with van der Waals surface area (Å²) in [6, 6.07) is 8.02. The maximum Gasteiger partial charge on any atom is 0.254 e. The first-order valence-corrected chi connectivity index (χ1v) is 9.01. The van der Waals surface area contributed by atoms with Gasteiger partial charge in [-0.05, 0) is 44.7 Å². The van der Waals surface area contributed by atoms with E-state index in [9.17, 15) is 4.79 Å². The molecule has 1 atom stereocenters. The molecule has 0 spiro atoms. The zero-order chi connectivity index (χ0) is 16.2. The molecule has 1 aromatic heterocycles. The molecule has 3 rings (SSSR count). The van der Waals surface area contributed by atoms with E-state index in [1.54, 1.807) is 11.3 Å². The Labute approximate surface area is 140 Å². The van der Waals surface area contributed by atoms with Crippen molar-refractivity contribution in [2.75, 3.05) is 13.2 Å². The molecule has 1 aliphatic heterocycles. The monoisotopic (exact) mass is 330 g/mol. The summed E-state index contributed by atoms with van der Waals surface area (Å²) in [5.41, 5.74) is 2.73. The summed E-state index contributed by atoms with van der Waals surface area (Å²) in [5.74, 6) is 0.0977. The number of amides is 1. The second kappa shape index (κ2) is 7.23. The number of benzene rings is 1. The van der Waals surface area contributed by atoms with Crippen LogP contribution in [0.15, 0.2) is 29.6 Å². The number of nitrogens with zero attached hydrogens (tertiary/aromatic N) is 2. The topological polar surface area (TPSA) is 53.4 Å². The summed E-state index contributed by atoms with van der Waals surface area (Å²) in [5, 5.41) is 12.0. The van der Waals surface area contributed by atoms with Crippen molar-refractivity contribution in [3.8, 4) is 10.6 Å². The smallest absolute Gasteiger partial charge is 0.254 e. The van der Waals surface area contributed by atoms with Crippen LogP contribution < -0.4 is 0 Å². The number of aryl methyl sites for hydroxylation is 1. The van der Waals surface area contributed by atoms with E-state index in [1.165, 1.54) is 0 Å². The van der Waals surface area contributed by atoms with Crippen molar-refractivity contribution in [3.63, 3.8) is 0 Å². The zero-order valence-electron chi connectivity index (χ0n) is 13.4. The van der Waals surface area contributed by atoms with E-state index in [2.05, 4.69) is 4.98 Å². The minimum Gasteiger partial charge on any atom is -0.396 e. The molecule has 1 saturated heterocycles. The molecular weight excluding hydrogens is 308 g/mol. The number of aromatic nitrogens is 1. The lowest BCUT2D eigenvalue weighted by molar-refractivity contribution is 0.0724. The van der Waals surface area contributed by atoms with Gasteiger partial charge in [0, 0.05) is 41.4 Å². The maximum atomic E-state index is 12.9. The van der Waals surface area contributed by atoms with Crippen LogP contribution in [0, 0.1) is 6.92 Å². The van der Waals surface area contributed by atoms with Crippen LogP contribution in [0.1, 0.15) is 41.7 Å². The van der Waals surface area contributed by atoms with Crippen LogP contribution in [-0.2, 0) is 0 Å². The highest BCUT2D eigenvalue weighted by Gasteiger charge is 2.29. The van der Waals surface area contributed by atoms with Gasteiger partial charge in [-0.15, -0.1) is 11.3 Å². The third-order valence-corrected chi connectivity index (χ3v) is 5.32. The number of hydrogen-bond donors (Lipinski definition) is 1.